The number of anilines is 2. The maximum atomic E-state index is 15.2. The predicted molar refractivity (Wildman–Crippen MR) is 132 cm³/mol. The Hall–Kier alpha value is -3.76. The molecule has 2 aliphatic heterocycles. The summed E-state index contributed by atoms with van der Waals surface area (Å²) >= 11 is 4.99. The zero-order valence-electron chi connectivity index (χ0n) is 19.3. The highest BCUT2D eigenvalue weighted by Crippen LogP contribution is 2.44. The molecule has 8 nitrogen and oxygen atoms in total. The fourth-order valence-corrected chi connectivity index (χ4v) is 4.78. The first-order chi connectivity index (χ1) is 16.9. The number of nitrogens with zero attached hydrogens (tertiary/aromatic N) is 5. The predicted octanol–water partition coefficient (Wildman–Crippen LogP) is 3.90. The molecule has 1 N–H and O–H groups in total. The zero-order valence-corrected chi connectivity index (χ0v) is 20.1. The Bertz CT molecular complexity index is 1190. The molecule has 0 spiro atoms. The van der Waals surface area contributed by atoms with Crippen LogP contribution in [0.15, 0.2) is 42.7 Å². The van der Waals surface area contributed by atoms with E-state index < -0.39 is 23.2 Å². The summed E-state index contributed by atoms with van der Waals surface area (Å²) in [6, 6.07) is 12.9. The van der Waals surface area contributed by atoms with Crippen LogP contribution >= 0.6 is 12.2 Å². The first kappa shape index (κ1) is 24.4. The Balaban J connectivity index is 1.45. The summed E-state index contributed by atoms with van der Waals surface area (Å²) < 4.78 is 20.5. The summed E-state index contributed by atoms with van der Waals surface area (Å²) in [5, 5.41) is 22.8. The molecule has 1 amide bonds. The van der Waals surface area contributed by atoms with Gasteiger partial charge in [0.1, 0.15) is 11.9 Å². The highest BCUT2D eigenvalue weighted by Gasteiger charge is 2.43. The smallest absolute Gasteiger partial charge is 0.414 e. The van der Waals surface area contributed by atoms with Crippen molar-refractivity contribution >= 4 is 34.7 Å². The van der Waals surface area contributed by atoms with Crippen molar-refractivity contribution in [1.82, 2.24) is 10.3 Å². The molecule has 180 valence electrons. The van der Waals surface area contributed by atoms with Crippen molar-refractivity contribution in [1.29, 1.82) is 10.5 Å². The van der Waals surface area contributed by atoms with Crippen molar-refractivity contribution in [2.75, 3.05) is 36.0 Å². The van der Waals surface area contributed by atoms with E-state index in [1.807, 2.05) is 11.0 Å². The van der Waals surface area contributed by atoms with E-state index in [9.17, 15) is 15.3 Å². The minimum Gasteiger partial charge on any atom is -0.442 e. The van der Waals surface area contributed by atoms with Gasteiger partial charge in [-0.15, -0.1) is 0 Å². The third-order valence-corrected chi connectivity index (χ3v) is 6.76. The summed E-state index contributed by atoms with van der Waals surface area (Å²) in [7, 11) is 0. The molecule has 2 aliphatic rings. The van der Waals surface area contributed by atoms with Gasteiger partial charge in [0, 0.05) is 25.5 Å². The Morgan fingerprint density at radius 3 is 2.74 bits per heavy atom. The molecule has 2 saturated heterocycles. The number of hydrogen-bond acceptors (Lipinski definition) is 7. The number of rotatable bonds is 6. The lowest BCUT2D eigenvalue weighted by atomic mass is 9.68. The number of ether oxygens (including phenoxy) is 1. The van der Waals surface area contributed by atoms with Crippen molar-refractivity contribution in [2.24, 2.45) is 5.41 Å². The first-order valence-electron chi connectivity index (χ1n) is 11.3. The van der Waals surface area contributed by atoms with Gasteiger partial charge in [-0.3, -0.25) is 9.88 Å². The Morgan fingerprint density at radius 2 is 2.14 bits per heavy atom. The molecule has 3 heterocycles. The van der Waals surface area contributed by atoms with Gasteiger partial charge in [-0.1, -0.05) is 18.3 Å². The van der Waals surface area contributed by atoms with E-state index in [1.54, 1.807) is 37.5 Å². The molecule has 10 heteroatoms. The van der Waals surface area contributed by atoms with Crippen LogP contribution < -0.4 is 15.1 Å². The third kappa shape index (κ3) is 5.03. The van der Waals surface area contributed by atoms with Gasteiger partial charge in [0.15, 0.2) is 0 Å². The van der Waals surface area contributed by atoms with Gasteiger partial charge in [-0.05, 0) is 49.6 Å². The van der Waals surface area contributed by atoms with Crippen LogP contribution in [0, 0.1) is 33.9 Å². The largest absolute Gasteiger partial charge is 0.442 e. The van der Waals surface area contributed by atoms with Crippen LogP contribution in [0.1, 0.15) is 31.2 Å². The zero-order chi connectivity index (χ0) is 25.0. The van der Waals surface area contributed by atoms with Crippen LogP contribution in [-0.4, -0.2) is 48.3 Å². The van der Waals surface area contributed by atoms with E-state index in [1.165, 1.54) is 11.0 Å². The lowest BCUT2D eigenvalue weighted by Gasteiger charge is -2.40. The highest BCUT2D eigenvalue weighted by atomic mass is 32.1. The molecule has 0 radical (unpaired) electrons. The van der Waals surface area contributed by atoms with Crippen LogP contribution in [0.5, 0.6) is 0 Å². The quantitative estimate of drug-likeness (QED) is 0.606. The minimum atomic E-state index is -0.867. The monoisotopic (exact) mass is 492 g/mol. The summed E-state index contributed by atoms with van der Waals surface area (Å²) in [4.78, 5) is 20.3. The Morgan fingerprint density at radius 1 is 1.37 bits per heavy atom. The lowest BCUT2D eigenvalue weighted by Crippen LogP contribution is -2.42. The lowest BCUT2D eigenvalue weighted by molar-refractivity contribution is 0.143. The third-order valence-electron chi connectivity index (χ3n) is 6.61. The van der Waals surface area contributed by atoms with Gasteiger partial charge in [-0.25, -0.2) is 9.18 Å². The maximum Gasteiger partial charge on any atom is 0.414 e. The summed E-state index contributed by atoms with van der Waals surface area (Å²) in [6.07, 6.45) is 3.19. The molecule has 4 rings (SSSR count). The summed E-state index contributed by atoms with van der Waals surface area (Å²) in [5.41, 5.74) is 0.667. The van der Waals surface area contributed by atoms with Gasteiger partial charge in [-0.2, -0.15) is 10.5 Å². The van der Waals surface area contributed by atoms with Gasteiger partial charge in [0.05, 0.1) is 52.9 Å². The first-order valence-corrected chi connectivity index (χ1v) is 11.8. The highest BCUT2D eigenvalue weighted by molar-refractivity contribution is 7.80. The maximum absolute atomic E-state index is 15.2. The molecule has 35 heavy (non-hydrogen) atoms. The normalized spacial score (nSPS) is 19.9. The number of thiocarbonyl (C=S) groups is 1. The van der Waals surface area contributed by atoms with Crippen molar-refractivity contribution < 1.29 is 13.9 Å². The molecule has 2 fully saturated rings. The molecule has 0 bridgehead atoms. The minimum absolute atomic E-state index is 0.297. The van der Waals surface area contributed by atoms with Gasteiger partial charge in [0.25, 0.3) is 0 Å². The van der Waals surface area contributed by atoms with Gasteiger partial charge >= 0.3 is 6.09 Å². The molecule has 2 atom stereocenters. The van der Waals surface area contributed by atoms with E-state index in [4.69, 9.17) is 17.0 Å². The number of nitrogens with one attached hydrogen (secondary N) is 1. The molecule has 1 aromatic carbocycles. The number of hydrogen-bond donors (Lipinski definition) is 1. The molecule has 1 unspecified atom stereocenters. The molecular weight excluding hydrogens is 467 g/mol. The molecule has 0 saturated carbocycles. The van der Waals surface area contributed by atoms with Crippen molar-refractivity contribution in [2.45, 2.75) is 31.8 Å². The van der Waals surface area contributed by atoms with Crippen LogP contribution in [0.2, 0.25) is 0 Å². The number of nitriles is 2. The number of aromatic nitrogens is 1. The van der Waals surface area contributed by atoms with Crippen LogP contribution in [-0.2, 0) is 4.74 Å². The standard InChI is InChI=1S/C25H25FN6O2S/c1-17(35)30-14-20-15-32(24(33)34-20)19-4-5-23(22(26)11-19)31-9-6-25(16-28,7-10-31)21(12-27)18-3-2-8-29-13-18/h2-5,8,11,13,20-21H,6-7,9-10,14-15H2,1H3,(H,30,35)/t20-,21?/m0/s1. The second-order valence-corrected chi connectivity index (χ2v) is 9.41. The van der Waals surface area contributed by atoms with Crippen LogP contribution in [0.25, 0.3) is 0 Å². The topological polar surface area (TPSA) is 105 Å². The fourth-order valence-electron chi connectivity index (χ4n) is 4.69. The fraction of sp³-hybridized carbons (Fsp3) is 0.400. The average Bonchev–Trinajstić information content (AvgIpc) is 3.25. The number of cyclic esters (lactones) is 1. The van der Waals surface area contributed by atoms with Gasteiger partial charge in [0.2, 0.25) is 0 Å². The molecule has 0 aliphatic carbocycles. The van der Waals surface area contributed by atoms with E-state index in [0.717, 1.165) is 0 Å². The summed E-state index contributed by atoms with van der Waals surface area (Å²) in [6.45, 7) is 3.30. The van der Waals surface area contributed by atoms with E-state index >= 15 is 4.39 Å². The Kier molecular flexibility index (Phi) is 7.13. The SMILES string of the molecule is CC(=S)NC[C@H]1CN(c2ccc(N3CCC(C#N)(C(C#N)c4cccnc4)CC3)c(F)c2)C(=O)O1. The number of benzene rings is 1. The number of pyridine rings is 1. The molecule has 2 aromatic rings. The van der Waals surface area contributed by atoms with E-state index in [0.29, 0.717) is 60.9 Å². The second-order valence-electron chi connectivity index (χ2n) is 8.79. The van der Waals surface area contributed by atoms with Crippen molar-refractivity contribution in [3.8, 4) is 12.1 Å². The Labute approximate surface area is 208 Å². The second kappa shape index (κ2) is 10.2. The van der Waals surface area contributed by atoms with Crippen LogP contribution in [0.3, 0.4) is 0 Å². The summed E-state index contributed by atoms with van der Waals surface area (Å²) in [5.74, 6) is -1.07. The van der Waals surface area contributed by atoms with Crippen molar-refractivity contribution in [3.63, 3.8) is 0 Å². The number of carbonyl (C=O) groups is 1. The number of amides is 1. The van der Waals surface area contributed by atoms with Gasteiger partial charge < -0.3 is 15.0 Å². The molecular formula is C25H25FN6O2S. The van der Waals surface area contributed by atoms with Crippen molar-refractivity contribution in [3.05, 3.63) is 54.1 Å². The van der Waals surface area contributed by atoms with E-state index in [2.05, 4.69) is 22.4 Å². The number of carbonyl (C=O) groups excluding carboxylic acids is 1. The van der Waals surface area contributed by atoms with Crippen LogP contribution in [0.4, 0.5) is 20.6 Å². The number of halogens is 1. The average molecular weight is 493 g/mol. The van der Waals surface area contributed by atoms with E-state index in [-0.39, 0.29) is 6.10 Å². The number of piperidine rings is 1. The molecule has 1 aromatic heterocycles.